The summed E-state index contributed by atoms with van der Waals surface area (Å²) in [5.41, 5.74) is 8.58. The predicted molar refractivity (Wildman–Crippen MR) is 97.5 cm³/mol. The Morgan fingerprint density at radius 1 is 1.48 bits per heavy atom. The molecule has 1 atom stereocenters. The summed E-state index contributed by atoms with van der Waals surface area (Å²) >= 11 is 0.687. The number of hydrogen-bond acceptors (Lipinski definition) is 9. The van der Waals surface area contributed by atoms with Crippen molar-refractivity contribution < 1.29 is 31.5 Å². The summed E-state index contributed by atoms with van der Waals surface area (Å²) in [7, 11) is -3.87. The number of nitrogens with zero attached hydrogens (tertiary/aromatic N) is 4. The van der Waals surface area contributed by atoms with E-state index in [4.69, 9.17) is 14.3 Å². The molecule has 0 aromatic heterocycles. The molecule has 27 heavy (non-hydrogen) atoms. The first-order valence-corrected chi connectivity index (χ1v) is 10.8. The van der Waals surface area contributed by atoms with Crippen LogP contribution in [0.15, 0.2) is 28.2 Å². The molecule has 2 amide bonds. The van der Waals surface area contributed by atoms with Crippen molar-refractivity contribution in [2.45, 2.75) is 29.9 Å². The van der Waals surface area contributed by atoms with E-state index in [-0.39, 0.29) is 22.7 Å². The van der Waals surface area contributed by atoms with Crippen LogP contribution in [0.2, 0.25) is 0 Å². The second kappa shape index (κ2) is 8.63. The molecular weight excluding hydrogens is 420 g/mol. The summed E-state index contributed by atoms with van der Waals surface area (Å²) in [4.78, 5) is 39.3. The molecule has 0 aliphatic carbocycles. The van der Waals surface area contributed by atoms with Gasteiger partial charge in [0, 0.05) is 21.9 Å². The van der Waals surface area contributed by atoms with Crippen molar-refractivity contribution in [1.29, 1.82) is 0 Å². The van der Waals surface area contributed by atoms with Crippen LogP contribution in [0.1, 0.15) is 19.8 Å². The molecule has 1 aromatic rings. The van der Waals surface area contributed by atoms with Crippen LogP contribution >= 0.6 is 21.9 Å². The van der Waals surface area contributed by atoms with Gasteiger partial charge in [-0.25, -0.2) is 4.90 Å². The van der Waals surface area contributed by atoms with Crippen LogP contribution in [0, 0.1) is 0 Å². The zero-order valence-electron chi connectivity index (χ0n) is 13.6. The maximum atomic E-state index is 12.4. The highest BCUT2D eigenvalue weighted by Crippen LogP contribution is 2.42. The lowest BCUT2D eigenvalue weighted by Crippen LogP contribution is -2.35. The van der Waals surface area contributed by atoms with Gasteiger partial charge in [-0.2, -0.15) is 8.42 Å². The van der Waals surface area contributed by atoms with Crippen molar-refractivity contribution >= 4 is 61.1 Å². The van der Waals surface area contributed by atoms with Gasteiger partial charge >= 0.3 is 5.97 Å². The molecule has 1 fully saturated rings. The summed E-state index contributed by atoms with van der Waals surface area (Å²) in [6.07, 6.45) is -0.569. The highest BCUT2D eigenvalue weighted by molar-refractivity contribution is 8.75. The Bertz CT molecular complexity index is 943. The van der Waals surface area contributed by atoms with Gasteiger partial charge in [-0.15, -0.1) is 0 Å². The first-order chi connectivity index (χ1) is 12.7. The number of azide groups is 1. The smallest absolute Gasteiger partial charge is 0.318 e. The second-order valence-electron chi connectivity index (χ2n) is 5.08. The van der Waals surface area contributed by atoms with Crippen LogP contribution in [-0.4, -0.2) is 36.0 Å². The summed E-state index contributed by atoms with van der Waals surface area (Å²) in [6, 6.07) is 4.03. The molecule has 2 rings (SSSR count). The van der Waals surface area contributed by atoms with E-state index >= 15 is 0 Å². The molecule has 1 aliphatic rings. The van der Waals surface area contributed by atoms with E-state index in [0.29, 0.717) is 16.0 Å². The Morgan fingerprint density at radius 2 is 2.19 bits per heavy atom. The SMILES string of the molecule is CCC(=O)OSSc1ccc(N=[N+]=[N-])cc1N1C(=O)CC(S(=O)(=O)O)C1=O. The molecule has 0 saturated carbocycles. The Kier molecular flexibility index (Phi) is 6.73. The molecule has 1 aromatic carbocycles. The van der Waals surface area contributed by atoms with Crippen molar-refractivity contribution in [2.24, 2.45) is 5.11 Å². The predicted octanol–water partition coefficient (Wildman–Crippen LogP) is 2.76. The van der Waals surface area contributed by atoms with Crippen LogP contribution in [0.4, 0.5) is 11.4 Å². The van der Waals surface area contributed by atoms with Crippen molar-refractivity contribution in [3.8, 4) is 0 Å². The largest absolute Gasteiger partial charge is 0.379 e. The van der Waals surface area contributed by atoms with Gasteiger partial charge < -0.3 is 4.18 Å². The minimum absolute atomic E-state index is 0.0499. The topological polar surface area (TPSA) is 167 Å². The van der Waals surface area contributed by atoms with E-state index in [2.05, 4.69) is 10.0 Å². The maximum absolute atomic E-state index is 12.4. The molecule has 0 bridgehead atoms. The lowest BCUT2D eigenvalue weighted by Gasteiger charge is -2.18. The van der Waals surface area contributed by atoms with Gasteiger partial charge in [0.15, 0.2) is 5.25 Å². The summed E-state index contributed by atoms with van der Waals surface area (Å²) in [5, 5.41) is 1.48. The van der Waals surface area contributed by atoms with E-state index in [1.54, 1.807) is 6.92 Å². The van der Waals surface area contributed by atoms with Crippen molar-refractivity contribution in [1.82, 2.24) is 0 Å². The van der Waals surface area contributed by atoms with E-state index in [1.807, 2.05) is 0 Å². The minimum atomic E-state index is -4.77. The highest BCUT2D eigenvalue weighted by atomic mass is 33.1. The first kappa shape index (κ1) is 21.1. The molecule has 0 radical (unpaired) electrons. The number of rotatable bonds is 7. The normalized spacial score (nSPS) is 17.0. The molecule has 0 spiro atoms. The maximum Gasteiger partial charge on any atom is 0.318 e. The molecular formula is C13H12N4O7S3. The van der Waals surface area contributed by atoms with Crippen molar-refractivity contribution in [3.05, 3.63) is 28.6 Å². The summed E-state index contributed by atoms with van der Waals surface area (Å²) in [5.74, 6) is -2.46. The van der Waals surface area contributed by atoms with Crippen molar-refractivity contribution in [2.75, 3.05) is 4.90 Å². The van der Waals surface area contributed by atoms with E-state index in [9.17, 15) is 22.8 Å². The van der Waals surface area contributed by atoms with Crippen LogP contribution in [0.5, 0.6) is 0 Å². The number of anilines is 1. The zero-order valence-corrected chi connectivity index (χ0v) is 16.1. The Labute approximate surface area is 161 Å². The fraction of sp³-hybridized carbons (Fsp3) is 0.308. The lowest BCUT2D eigenvalue weighted by molar-refractivity contribution is -0.132. The number of carbonyl (C=O) groups excluding carboxylic acids is 3. The third-order valence-electron chi connectivity index (χ3n) is 3.35. The van der Waals surface area contributed by atoms with Crippen LogP contribution in [-0.2, 0) is 28.7 Å². The number of imide groups is 1. The Hall–Kier alpha value is -2.25. The minimum Gasteiger partial charge on any atom is -0.379 e. The van der Waals surface area contributed by atoms with E-state index in [1.165, 1.54) is 18.2 Å². The third-order valence-corrected chi connectivity index (χ3v) is 6.23. The fourth-order valence-electron chi connectivity index (χ4n) is 2.11. The van der Waals surface area contributed by atoms with Gasteiger partial charge in [0.25, 0.3) is 16.0 Å². The number of benzene rings is 1. The summed E-state index contributed by atoms with van der Waals surface area (Å²) < 4.78 is 36.6. The molecule has 11 nitrogen and oxygen atoms in total. The second-order valence-corrected chi connectivity index (χ2v) is 8.49. The van der Waals surface area contributed by atoms with Crippen LogP contribution < -0.4 is 4.90 Å². The Balaban J connectivity index is 2.41. The molecule has 1 saturated heterocycles. The fourth-order valence-corrected chi connectivity index (χ4v) is 4.45. The molecule has 14 heteroatoms. The van der Waals surface area contributed by atoms with E-state index in [0.717, 1.165) is 10.8 Å². The van der Waals surface area contributed by atoms with Gasteiger partial charge in [-0.05, 0) is 28.5 Å². The van der Waals surface area contributed by atoms with Crippen molar-refractivity contribution in [3.63, 3.8) is 0 Å². The quantitative estimate of drug-likeness (QED) is 0.129. The Morgan fingerprint density at radius 3 is 2.74 bits per heavy atom. The molecule has 1 aliphatic heterocycles. The number of hydrogen-bond donors (Lipinski definition) is 1. The van der Waals surface area contributed by atoms with E-state index < -0.39 is 39.6 Å². The van der Waals surface area contributed by atoms with Gasteiger partial charge in [-0.3, -0.25) is 18.9 Å². The van der Waals surface area contributed by atoms with Crippen LogP contribution in [0.25, 0.3) is 10.4 Å². The van der Waals surface area contributed by atoms with Crippen LogP contribution in [0.3, 0.4) is 0 Å². The standard InChI is InChI=1S/C13H12N4O7S3/c1-2-12(19)24-26-25-9-4-3-7(15-16-14)5-8(9)17-11(18)6-10(13(17)20)27(21,22)23/h3-5,10H,2,6H2,1H3,(H,21,22,23). The first-order valence-electron chi connectivity index (χ1n) is 7.25. The molecule has 1 N–H and O–H groups in total. The zero-order chi connectivity index (χ0) is 20.2. The van der Waals surface area contributed by atoms with Gasteiger partial charge in [0.2, 0.25) is 5.91 Å². The molecule has 1 heterocycles. The average molecular weight is 432 g/mol. The number of carbonyl (C=O) groups is 3. The van der Waals surface area contributed by atoms with Gasteiger partial charge in [0.05, 0.1) is 12.1 Å². The van der Waals surface area contributed by atoms with Gasteiger partial charge in [0.1, 0.15) is 11.1 Å². The lowest BCUT2D eigenvalue weighted by atomic mass is 10.2. The summed E-state index contributed by atoms with van der Waals surface area (Å²) in [6.45, 7) is 1.60. The average Bonchev–Trinajstić information content (AvgIpc) is 2.90. The molecule has 1 unspecified atom stereocenters. The monoisotopic (exact) mass is 432 g/mol. The molecule has 144 valence electrons. The number of amides is 2. The highest BCUT2D eigenvalue weighted by Gasteiger charge is 2.47. The van der Waals surface area contributed by atoms with Gasteiger partial charge in [-0.1, -0.05) is 18.1 Å². The third kappa shape index (κ3) is 4.93.